The summed E-state index contributed by atoms with van der Waals surface area (Å²) in [6, 6.07) is 7.50. The summed E-state index contributed by atoms with van der Waals surface area (Å²) in [6.07, 6.45) is 0. The molecule has 2 aromatic heterocycles. The lowest BCUT2D eigenvalue weighted by atomic mass is 10.0. The second-order valence-corrected chi connectivity index (χ2v) is 7.18. The maximum absolute atomic E-state index is 13.3. The van der Waals surface area contributed by atoms with Crippen molar-refractivity contribution in [2.45, 2.75) is 20.8 Å². The highest BCUT2D eigenvalue weighted by atomic mass is 19.1. The lowest BCUT2D eigenvalue weighted by Gasteiger charge is -2.19. The second-order valence-electron chi connectivity index (χ2n) is 7.18. The number of carbonyl (C=O) groups is 2. The normalized spacial score (nSPS) is 11.1. The molecule has 0 saturated heterocycles. The number of fused-ring (bicyclic) bond motifs is 1. The highest BCUT2D eigenvalue weighted by Gasteiger charge is 2.22. The van der Waals surface area contributed by atoms with E-state index in [4.69, 9.17) is 4.52 Å². The van der Waals surface area contributed by atoms with E-state index in [1.807, 2.05) is 13.8 Å². The lowest BCUT2D eigenvalue weighted by Crippen LogP contribution is -2.37. The molecule has 2 amide bonds. The number of likely N-dealkylation sites (N-methyl/N-ethyl adjacent to an activating group) is 1. The summed E-state index contributed by atoms with van der Waals surface area (Å²) in [5, 5.41) is 7.26. The summed E-state index contributed by atoms with van der Waals surface area (Å²) in [5.74, 6) is -0.782. The van der Waals surface area contributed by atoms with E-state index in [1.54, 1.807) is 32.2 Å². The third-order valence-corrected chi connectivity index (χ3v) is 4.61. The van der Waals surface area contributed by atoms with Crippen molar-refractivity contribution in [2.75, 3.05) is 20.1 Å². The van der Waals surface area contributed by atoms with Gasteiger partial charge in [-0.1, -0.05) is 19.0 Å². The first-order valence-electron chi connectivity index (χ1n) is 9.34. The van der Waals surface area contributed by atoms with Crippen LogP contribution in [0.25, 0.3) is 22.4 Å². The van der Waals surface area contributed by atoms with Crippen LogP contribution in [0.15, 0.2) is 34.9 Å². The van der Waals surface area contributed by atoms with Gasteiger partial charge in [-0.3, -0.25) is 9.59 Å². The third kappa shape index (κ3) is 4.42. The Hall–Kier alpha value is -3.29. The van der Waals surface area contributed by atoms with Gasteiger partial charge >= 0.3 is 0 Å². The van der Waals surface area contributed by atoms with Crippen LogP contribution in [-0.4, -0.2) is 47.0 Å². The molecule has 1 aromatic carbocycles. The lowest BCUT2D eigenvalue weighted by molar-refractivity contribution is -0.124. The number of benzene rings is 1. The number of aryl methyl sites for hydroxylation is 1. The molecular formula is C21H23FN4O3. The van der Waals surface area contributed by atoms with Gasteiger partial charge in [0.1, 0.15) is 5.82 Å². The average molecular weight is 398 g/mol. The van der Waals surface area contributed by atoms with Crippen molar-refractivity contribution in [3.8, 4) is 11.3 Å². The van der Waals surface area contributed by atoms with Crippen LogP contribution in [-0.2, 0) is 4.79 Å². The van der Waals surface area contributed by atoms with Crippen molar-refractivity contribution in [1.29, 1.82) is 0 Å². The fourth-order valence-electron chi connectivity index (χ4n) is 2.89. The molecule has 0 atom stereocenters. The van der Waals surface area contributed by atoms with E-state index in [9.17, 15) is 14.0 Å². The fraction of sp³-hybridized carbons (Fsp3) is 0.333. The molecule has 0 unspecified atom stereocenters. The van der Waals surface area contributed by atoms with Gasteiger partial charge < -0.3 is 14.7 Å². The zero-order valence-corrected chi connectivity index (χ0v) is 16.8. The molecule has 3 aromatic rings. The summed E-state index contributed by atoms with van der Waals surface area (Å²) in [6.45, 7) is 6.05. The van der Waals surface area contributed by atoms with Crippen LogP contribution in [0.3, 0.4) is 0 Å². The average Bonchev–Trinajstić information content (AvgIpc) is 3.08. The quantitative estimate of drug-likeness (QED) is 0.689. The zero-order chi connectivity index (χ0) is 21.1. The van der Waals surface area contributed by atoms with Gasteiger partial charge in [-0.25, -0.2) is 9.37 Å². The Labute approximate surface area is 167 Å². The van der Waals surface area contributed by atoms with E-state index in [0.717, 1.165) is 0 Å². The summed E-state index contributed by atoms with van der Waals surface area (Å²) >= 11 is 0. The number of hydrogen-bond donors (Lipinski definition) is 1. The number of amides is 2. The van der Waals surface area contributed by atoms with E-state index in [-0.39, 0.29) is 29.3 Å². The van der Waals surface area contributed by atoms with Crippen LogP contribution in [0.1, 0.15) is 29.9 Å². The topological polar surface area (TPSA) is 88.3 Å². The van der Waals surface area contributed by atoms with Crippen LogP contribution in [0.2, 0.25) is 0 Å². The molecule has 0 spiro atoms. The largest absolute Gasteiger partial charge is 0.354 e. The maximum atomic E-state index is 13.3. The minimum absolute atomic E-state index is 0.0642. The number of halogens is 1. The second kappa shape index (κ2) is 8.38. The first-order valence-corrected chi connectivity index (χ1v) is 9.34. The number of hydrogen-bond acceptors (Lipinski definition) is 5. The molecule has 1 N–H and O–H groups in total. The van der Waals surface area contributed by atoms with E-state index < -0.39 is 0 Å². The standard InChI is InChI=1S/C21H23FN4O3/c1-12(2)19(27)23-9-10-26(4)21(28)16-11-17(14-5-7-15(22)8-6-14)24-20-18(16)13(3)25-29-20/h5-8,11-12H,9-10H2,1-4H3,(H,23,27). The third-order valence-electron chi connectivity index (χ3n) is 4.61. The highest BCUT2D eigenvalue weighted by Crippen LogP contribution is 2.28. The van der Waals surface area contributed by atoms with Gasteiger partial charge in [0.05, 0.1) is 22.3 Å². The van der Waals surface area contributed by atoms with Crippen LogP contribution in [0.5, 0.6) is 0 Å². The number of nitrogens with zero attached hydrogens (tertiary/aromatic N) is 3. The summed E-state index contributed by atoms with van der Waals surface area (Å²) < 4.78 is 18.5. The molecule has 0 bridgehead atoms. The molecule has 0 saturated carbocycles. The molecule has 0 radical (unpaired) electrons. The Morgan fingerprint density at radius 1 is 1.24 bits per heavy atom. The van der Waals surface area contributed by atoms with E-state index >= 15 is 0 Å². The van der Waals surface area contributed by atoms with Crippen LogP contribution < -0.4 is 5.32 Å². The maximum Gasteiger partial charge on any atom is 0.259 e. The van der Waals surface area contributed by atoms with Crippen LogP contribution in [0.4, 0.5) is 4.39 Å². The van der Waals surface area contributed by atoms with Crippen molar-refractivity contribution in [1.82, 2.24) is 20.4 Å². The van der Waals surface area contributed by atoms with Gasteiger partial charge in [0.2, 0.25) is 5.91 Å². The molecule has 0 aliphatic rings. The zero-order valence-electron chi connectivity index (χ0n) is 16.8. The highest BCUT2D eigenvalue weighted by molar-refractivity contribution is 6.06. The molecule has 8 heteroatoms. The number of pyridine rings is 1. The van der Waals surface area contributed by atoms with E-state index in [0.29, 0.717) is 41.0 Å². The monoisotopic (exact) mass is 398 g/mol. The van der Waals surface area contributed by atoms with Gasteiger partial charge in [-0.2, -0.15) is 0 Å². The molecule has 152 valence electrons. The van der Waals surface area contributed by atoms with Gasteiger partial charge in [-0.05, 0) is 37.3 Å². The van der Waals surface area contributed by atoms with Crippen molar-refractivity contribution < 1.29 is 18.5 Å². The molecular weight excluding hydrogens is 375 g/mol. The summed E-state index contributed by atoms with van der Waals surface area (Å²) in [5.41, 5.74) is 2.34. The fourth-order valence-corrected chi connectivity index (χ4v) is 2.89. The number of aromatic nitrogens is 2. The molecule has 0 aliphatic heterocycles. The smallest absolute Gasteiger partial charge is 0.259 e. The Bertz CT molecular complexity index is 1040. The SMILES string of the molecule is Cc1noc2nc(-c3ccc(F)cc3)cc(C(=O)N(C)CCNC(=O)C(C)C)c12. The van der Waals surface area contributed by atoms with Crippen LogP contribution >= 0.6 is 0 Å². The minimum atomic E-state index is -0.357. The van der Waals surface area contributed by atoms with Crippen molar-refractivity contribution in [2.24, 2.45) is 5.92 Å². The first kappa shape index (κ1) is 20.4. The molecule has 29 heavy (non-hydrogen) atoms. The van der Waals surface area contributed by atoms with Crippen molar-refractivity contribution in [3.63, 3.8) is 0 Å². The number of nitrogens with one attached hydrogen (secondary N) is 1. The van der Waals surface area contributed by atoms with Gasteiger partial charge in [-0.15, -0.1) is 0 Å². The Kier molecular flexibility index (Phi) is 5.91. The number of rotatable bonds is 6. The molecule has 0 fully saturated rings. The van der Waals surface area contributed by atoms with Gasteiger partial charge in [0.25, 0.3) is 11.6 Å². The van der Waals surface area contributed by atoms with Crippen LogP contribution in [0, 0.1) is 18.7 Å². The molecule has 3 rings (SSSR count). The Morgan fingerprint density at radius 2 is 1.93 bits per heavy atom. The molecule has 0 aliphatic carbocycles. The van der Waals surface area contributed by atoms with Gasteiger partial charge in [0, 0.05) is 31.6 Å². The number of carbonyl (C=O) groups excluding carboxylic acids is 2. The van der Waals surface area contributed by atoms with E-state index in [2.05, 4.69) is 15.5 Å². The Morgan fingerprint density at radius 3 is 2.59 bits per heavy atom. The summed E-state index contributed by atoms with van der Waals surface area (Å²) in [4.78, 5) is 30.8. The Balaban J connectivity index is 1.90. The van der Waals surface area contributed by atoms with Crippen molar-refractivity contribution in [3.05, 3.63) is 47.4 Å². The summed E-state index contributed by atoms with van der Waals surface area (Å²) in [7, 11) is 1.66. The predicted molar refractivity (Wildman–Crippen MR) is 107 cm³/mol. The van der Waals surface area contributed by atoms with E-state index in [1.165, 1.54) is 17.0 Å². The van der Waals surface area contributed by atoms with Gasteiger partial charge in [0.15, 0.2) is 0 Å². The minimum Gasteiger partial charge on any atom is -0.354 e. The molecule has 2 heterocycles. The predicted octanol–water partition coefficient (Wildman–Crippen LogP) is 3.18. The first-order chi connectivity index (χ1) is 13.8. The van der Waals surface area contributed by atoms with Crippen molar-refractivity contribution >= 4 is 22.9 Å². The molecule has 7 nitrogen and oxygen atoms in total.